The number of aromatic nitrogens is 2. The van der Waals surface area contributed by atoms with E-state index in [9.17, 15) is 9.59 Å². The molecule has 0 N–H and O–H groups in total. The predicted molar refractivity (Wildman–Crippen MR) is 86.0 cm³/mol. The van der Waals surface area contributed by atoms with Crippen LogP contribution in [0.15, 0.2) is 40.2 Å². The first kappa shape index (κ1) is 14.2. The van der Waals surface area contributed by atoms with Crippen molar-refractivity contribution in [3.8, 4) is 0 Å². The summed E-state index contributed by atoms with van der Waals surface area (Å²) in [6.07, 6.45) is -0.159. The van der Waals surface area contributed by atoms with Crippen LogP contribution in [0.25, 0.3) is 10.9 Å². The maximum absolute atomic E-state index is 12.4. The molecule has 0 radical (unpaired) electrons. The lowest BCUT2D eigenvalue weighted by Gasteiger charge is -1.96. The second kappa shape index (κ2) is 5.54. The van der Waals surface area contributed by atoms with Gasteiger partial charge in [-0.15, -0.1) is 11.3 Å². The number of nitrogens with zero attached hydrogens (tertiary/aromatic N) is 2. The van der Waals surface area contributed by atoms with Gasteiger partial charge < -0.3 is 0 Å². The highest BCUT2D eigenvalue weighted by Gasteiger charge is 2.20. The molecule has 0 spiro atoms. The molecule has 0 bridgehead atoms. The van der Waals surface area contributed by atoms with Crippen LogP contribution in [0.2, 0.25) is 0 Å². The number of para-hydroxylation sites is 1. The molecular formula is C15H11BrN2O2S. The van der Waals surface area contributed by atoms with Crippen molar-refractivity contribution in [2.24, 2.45) is 7.05 Å². The maximum Gasteiger partial charge on any atom is 0.191 e. The lowest BCUT2D eigenvalue weighted by molar-refractivity contribution is 0.0894. The first-order valence-corrected chi connectivity index (χ1v) is 7.95. The van der Waals surface area contributed by atoms with E-state index in [-0.39, 0.29) is 18.0 Å². The molecule has 0 unspecified atom stereocenters. The summed E-state index contributed by atoms with van der Waals surface area (Å²) in [5.74, 6) is -0.424. The van der Waals surface area contributed by atoms with Crippen LogP contribution in [0, 0.1) is 0 Å². The molecule has 1 aromatic carbocycles. The van der Waals surface area contributed by atoms with Crippen LogP contribution in [0.1, 0.15) is 26.6 Å². The van der Waals surface area contributed by atoms with Crippen LogP contribution >= 0.6 is 27.3 Å². The highest BCUT2D eigenvalue weighted by Crippen LogP contribution is 2.23. The van der Waals surface area contributed by atoms with Crippen molar-refractivity contribution in [1.29, 1.82) is 0 Å². The monoisotopic (exact) mass is 362 g/mol. The smallest absolute Gasteiger partial charge is 0.191 e. The van der Waals surface area contributed by atoms with Crippen LogP contribution in [0.3, 0.4) is 0 Å². The van der Waals surface area contributed by atoms with Crippen LogP contribution in [0.4, 0.5) is 0 Å². The summed E-state index contributed by atoms with van der Waals surface area (Å²) < 4.78 is 2.51. The Morgan fingerprint density at radius 2 is 2.05 bits per heavy atom. The third kappa shape index (κ3) is 2.69. The topological polar surface area (TPSA) is 52.0 Å². The molecule has 4 nitrogen and oxygen atoms in total. The molecule has 0 saturated heterocycles. The number of hydrogen-bond donors (Lipinski definition) is 0. The first-order chi connectivity index (χ1) is 10.1. The molecule has 0 aliphatic carbocycles. The summed E-state index contributed by atoms with van der Waals surface area (Å²) in [5.41, 5.74) is 1.24. The van der Waals surface area contributed by atoms with E-state index < -0.39 is 0 Å². The number of fused-ring (bicyclic) bond motifs is 1. The van der Waals surface area contributed by atoms with Gasteiger partial charge in [-0.05, 0) is 28.1 Å². The summed E-state index contributed by atoms with van der Waals surface area (Å²) in [6.45, 7) is 0. The van der Waals surface area contributed by atoms with Crippen molar-refractivity contribution in [3.63, 3.8) is 0 Å². The molecule has 3 rings (SSSR count). The average Bonchev–Trinajstić information content (AvgIpc) is 3.04. The standard InChI is InChI=1S/C15H11BrN2O2S/c1-18-11-5-3-2-4-10(11)15(17-18)13(20)7-12(19)14-6-9(16)8-21-14/h2-6,8H,7H2,1H3. The van der Waals surface area contributed by atoms with E-state index in [0.717, 1.165) is 15.4 Å². The lowest BCUT2D eigenvalue weighted by Crippen LogP contribution is -2.08. The fourth-order valence-electron chi connectivity index (χ4n) is 2.20. The summed E-state index contributed by atoms with van der Waals surface area (Å²) >= 11 is 4.63. The largest absolute Gasteiger partial charge is 0.293 e. The second-order valence-corrected chi connectivity index (χ2v) is 6.47. The highest BCUT2D eigenvalue weighted by molar-refractivity contribution is 9.10. The van der Waals surface area contributed by atoms with E-state index in [1.54, 1.807) is 17.8 Å². The molecule has 2 aromatic heterocycles. The summed E-state index contributed by atoms with van der Waals surface area (Å²) in [4.78, 5) is 25.1. The molecule has 0 aliphatic rings. The predicted octanol–water partition coefficient (Wildman–Crippen LogP) is 3.85. The summed E-state index contributed by atoms with van der Waals surface area (Å²) in [7, 11) is 1.79. The molecule has 106 valence electrons. The molecular weight excluding hydrogens is 352 g/mol. The van der Waals surface area contributed by atoms with Gasteiger partial charge in [0.2, 0.25) is 0 Å². The molecule has 21 heavy (non-hydrogen) atoms. The van der Waals surface area contributed by atoms with Crippen molar-refractivity contribution < 1.29 is 9.59 Å². The van der Waals surface area contributed by atoms with Crippen molar-refractivity contribution in [1.82, 2.24) is 9.78 Å². The van der Waals surface area contributed by atoms with E-state index in [0.29, 0.717) is 10.6 Å². The molecule has 0 saturated carbocycles. The van der Waals surface area contributed by atoms with Gasteiger partial charge in [0.15, 0.2) is 11.6 Å². The maximum atomic E-state index is 12.4. The molecule has 0 amide bonds. The minimum atomic E-state index is -0.249. The number of halogens is 1. The Kier molecular flexibility index (Phi) is 3.73. The Morgan fingerprint density at radius 3 is 2.76 bits per heavy atom. The second-order valence-electron chi connectivity index (χ2n) is 4.64. The van der Waals surface area contributed by atoms with Gasteiger partial charge in [-0.25, -0.2) is 0 Å². The third-order valence-corrected chi connectivity index (χ3v) is 4.92. The van der Waals surface area contributed by atoms with Crippen LogP contribution < -0.4 is 0 Å². The number of carbonyl (C=O) groups is 2. The fraction of sp³-hybridized carbons (Fsp3) is 0.133. The van der Waals surface area contributed by atoms with E-state index in [2.05, 4.69) is 21.0 Å². The van der Waals surface area contributed by atoms with Crippen molar-refractivity contribution in [3.05, 3.63) is 50.8 Å². The SMILES string of the molecule is Cn1nc(C(=O)CC(=O)c2cc(Br)cs2)c2ccccc21. The van der Waals surface area contributed by atoms with Crippen LogP contribution in [-0.4, -0.2) is 21.3 Å². The van der Waals surface area contributed by atoms with Gasteiger partial charge in [0.25, 0.3) is 0 Å². The summed E-state index contributed by atoms with van der Waals surface area (Å²) in [5, 5.41) is 6.86. The van der Waals surface area contributed by atoms with Crippen molar-refractivity contribution in [2.45, 2.75) is 6.42 Å². The van der Waals surface area contributed by atoms with E-state index in [1.165, 1.54) is 11.3 Å². The number of hydrogen-bond acceptors (Lipinski definition) is 4. The Hall–Kier alpha value is -1.79. The molecule has 2 heterocycles. The van der Waals surface area contributed by atoms with Gasteiger partial charge in [-0.1, -0.05) is 18.2 Å². The number of thiophene rings is 1. The Bertz CT molecular complexity index is 850. The molecule has 0 fully saturated rings. The van der Waals surface area contributed by atoms with Gasteiger partial charge >= 0.3 is 0 Å². The van der Waals surface area contributed by atoms with Crippen LogP contribution in [-0.2, 0) is 7.05 Å². The number of rotatable bonds is 4. The minimum Gasteiger partial charge on any atom is -0.293 e. The Labute approximate surface area is 133 Å². The third-order valence-electron chi connectivity index (χ3n) is 3.19. The van der Waals surface area contributed by atoms with Gasteiger partial charge in [0.05, 0.1) is 16.8 Å². The number of carbonyl (C=O) groups excluding carboxylic acids is 2. The Morgan fingerprint density at radius 1 is 1.29 bits per heavy atom. The van der Waals surface area contributed by atoms with Gasteiger partial charge in [0, 0.05) is 22.3 Å². The van der Waals surface area contributed by atoms with Crippen molar-refractivity contribution in [2.75, 3.05) is 0 Å². The van der Waals surface area contributed by atoms with Gasteiger partial charge in [-0.3, -0.25) is 14.3 Å². The minimum absolute atomic E-state index is 0.159. The Balaban J connectivity index is 1.89. The van der Waals surface area contributed by atoms with Gasteiger partial charge in [0.1, 0.15) is 5.69 Å². The zero-order valence-corrected chi connectivity index (χ0v) is 13.6. The zero-order chi connectivity index (χ0) is 15.0. The molecule has 3 aromatic rings. The van der Waals surface area contributed by atoms with Gasteiger partial charge in [-0.2, -0.15) is 5.10 Å². The van der Waals surface area contributed by atoms with Crippen LogP contribution in [0.5, 0.6) is 0 Å². The zero-order valence-electron chi connectivity index (χ0n) is 11.2. The number of ketones is 2. The molecule has 0 atom stereocenters. The van der Waals surface area contributed by atoms with E-state index >= 15 is 0 Å². The fourth-order valence-corrected chi connectivity index (χ4v) is 3.56. The number of benzene rings is 1. The first-order valence-electron chi connectivity index (χ1n) is 6.28. The highest BCUT2D eigenvalue weighted by atomic mass is 79.9. The molecule has 6 heteroatoms. The number of aryl methyl sites for hydroxylation is 1. The lowest BCUT2D eigenvalue weighted by atomic mass is 10.1. The normalized spacial score (nSPS) is 11.0. The average molecular weight is 363 g/mol. The number of Topliss-reactive ketones (excluding diaryl/α,β-unsaturated/α-hetero) is 2. The quantitative estimate of drug-likeness (QED) is 0.523. The van der Waals surface area contributed by atoms with Crippen molar-refractivity contribution >= 4 is 49.7 Å². The molecule has 0 aliphatic heterocycles. The van der Waals surface area contributed by atoms with E-state index in [4.69, 9.17) is 0 Å². The van der Waals surface area contributed by atoms with E-state index in [1.807, 2.05) is 29.6 Å². The summed E-state index contributed by atoms with van der Waals surface area (Å²) in [6, 6.07) is 9.24.